The lowest BCUT2D eigenvalue weighted by Crippen LogP contribution is -1.97. The van der Waals surface area contributed by atoms with Gasteiger partial charge < -0.3 is 10.2 Å². The smallest absolute Gasteiger partial charge is 0.157 e. The fraction of sp³-hybridized carbons (Fsp3) is 0.455. The molecule has 1 atom stereocenters. The largest absolute Gasteiger partial charge is 0.504 e. The van der Waals surface area contributed by atoms with Crippen molar-refractivity contribution in [3.05, 3.63) is 23.8 Å². The van der Waals surface area contributed by atoms with E-state index in [-0.39, 0.29) is 11.5 Å². The number of hydrogen-bond donors (Lipinski definition) is 2. The van der Waals surface area contributed by atoms with Crippen LogP contribution in [0.15, 0.2) is 18.2 Å². The highest BCUT2D eigenvalue weighted by Gasteiger charge is 2.04. The summed E-state index contributed by atoms with van der Waals surface area (Å²) in [6.45, 7) is 4.31. The van der Waals surface area contributed by atoms with Gasteiger partial charge in [-0.2, -0.15) is 0 Å². The molecular weight excluding hydrogens is 164 g/mol. The summed E-state index contributed by atoms with van der Waals surface area (Å²) in [4.78, 5) is 0. The molecule has 2 nitrogen and oxygen atoms in total. The molecule has 1 aromatic carbocycles. The van der Waals surface area contributed by atoms with Crippen molar-refractivity contribution in [2.75, 3.05) is 0 Å². The molecule has 13 heavy (non-hydrogen) atoms. The van der Waals surface area contributed by atoms with E-state index in [0.29, 0.717) is 5.92 Å². The normalized spacial score (nSPS) is 12.8. The summed E-state index contributed by atoms with van der Waals surface area (Å²) < 4.78 is 0. The third kappa shape index (κ3) is 2.65. The van der Waals surface area contributed by atoms with Gasteiger partial charge in [-0.15, -0.1) is 0 Å². The van der Waals surface area contributed by atoms with Gasteiger partial charge in [-0.25, -0.2) is 0 Å². The summed E-state index contributed by atoms with van der Waals surface area (Å²) in [5.74, 6) is 0.539. The van der Waals surface area contributed by atoms with Gasteiger partial charge in [-0.05, 0) is 30.0 Å². The first kappa shape index (κ1) is 9.90. The summed E-state index contributed by atoms with van der Waals surface area (Å²) in [6, 6.07) is 5.01. The predicted octanol–water partition coefficient (Wildman–Crippen LogP) is 2.69. The Bertz CT molecular complexity index is 281. The monoisotopic (exact) mass is 180 g/mol. The van der Waals surface area contributed by atoms with Crippen LogP contribution in [0.2, 0.25) is 0 Å². The number of rotatable bonds is 3. The van der Waals surface area contributed by atoms with Gasteiger partial charge in [0, 0.05) is 0 Å². The Hall–Kier alpha value is -1.18. The minimum Gasteiger partial charge on any atom is -0.504 e. The second kappa shape index (κ2) is 4.17. The highest BCUT2D eigenvalue weighted by molar-refractivity contribution is 5.40. The third-order valence-electron chi connectivity index (χ3n) is 2.32. The van der Waals surface area contributed by atoms with Gasteiger partial charge in [-0.3, -0.25) is 0 Å². The van der Waals surface area contributed by atoms with E-state index in [0.717, 1.165) is 18.4 Å². The lowest BCUT2D eigenvalue weighted by Gasteiger charge is -2.08. The Morgan fingerprint density at radius 1 is 1.23 bits per heavy atom. The van der Waals surface area contributed by atoms with E-state index in [1.807, 2.05) is 6.07 Å². The number of hydrogen-bond acceptors (Lipinski definition) is 2. The SMILES string of the molecule is CC[C@@H](C)Cc1ccc(O)c(O)c1. The average Bonchev–Trinajstić information content (AvgIpc) is 2.11. The molecule has 1 aromatic rings. The van der Waals surface area contributed by atoms with Crippen molar-refractivity contribution >= 4 is 0 Å². The molecule has 0 unspecified atom stereocenters. The third-order valence-corrected chi connectivity index (χ3v) is 2.32. The fourth-order valence-electron chi connectivity index (χ4n) is 1.24. The van der Waals surface area contributed by atoms with Gasteiger partial charge in [0.05, 0.1) is 0 Å². The van der Waals surface area contributed by atoms with E-state index in [9.17, 15) is 5.11 Å². The molecule has 0 amide bonds. The molecule has 0 aliphatic rings. The van der Waals surface area contributed by atoms with Crippen LogP contribution in [0.3, 0.4) is 0 Å². The topological polar surface area (TPSA) is 40.5 Å². The number of benzene rings is 1. The highest BCUT2D eigenvalue weighted by atomic mass is 16.3. The van der Waals surface area contributed by atoms with Crippen LogP contribution in [0.25, 0.3) is 0 Å². The molecule has 0 saturated heterocycles. The number of phenolic OH excluding ortho intramolecular Hbond substituents is 2. The van der Waals surface area contributed by atoms with Gasteiger partial charge in [0.2, 0.25) is 0 Å². The summed E-state index contributed by atoms with van der Waals surface area (Å²) >= 11 is 0. The first-order valence-electron chi connectivity index (χ1n) is 4.64. The van der Waals surface area contributed by atoms with E-state index in [4.69, 9.17) is 5.11 Å². The van der Waals surface area contributed by atoms with Crippen LogP contribution in [0.4, 0.5) is 0 Å². The summed E-state index contributed by atoms with van der Waals surface area (Å²) in [7, 11) is 0. The first-order valence-corrected chi connectivity index (χ1v) is 4.64. The Morgan fingerprint density at radius 3 is 2.46 bits per heavy atom. The van der Waals surface area contributed by atoms with Crippen LogP contribution in [-0.4, -0.2) is 10.2 Å². The molecule has 72 valence electrons. The molecule has 0 spiro atoms. The molecule has 0 aromatic heterocycles. The predicted molar refractivity (Wildman–Crippen MR) is 52.9 cm³/mol. The molecule has 0 saturated carbocycles. The number of aromatic hydroxyl groups is 2. The quantitative estimate of drug-likeness (QED) is 0.702. The van der Waals surface area contributed by atoms with Crippen LogP contribution in [-0.2, 0) is 6.42 Å². The van der Waals surface area contributed by atoms with Gasteiger partial charge in [0.1, 0.15) is 0 Å². The van der Waals surface area contributed by atoms with E-state index >= 15 is 0 Å². The van der Waals surface area contributed by atoms with E-state index in [1.54, 1.807) is 6.07 Å². The molecule has 1 rings (SSSR count). The number of phenols is 2. The van der Waals surface area contributed by atoms with Crippen molar-refractivity contribution in [3.63, 3.8) is 0 Å². The summed E-state index contributed by atoms with van der Waals surface area (Å²) in [6.07, 6.45) is 2.08. The van der Waals surface area contributed by atoms with E-state index < -0.39 is 0 Å². The van der Waals surface area contributed by atoms with Gasteiger partial charge in [-0.1, -0.05) is 26.3 Å². The molecule has 0 fully saturated rings. The van der Waals surface area contributed by atoms with E-state index in [1.165, 1.54) is 6.07 Å². The second-order valence-corrected chi connectivity index (χ2v) is 3.54. The van der Waals surface area contributed by atoms with Crippen LogP contribution >= 0.6 is 0 Å². The zero-order valence-electron chi connectivity index (χ0n) is 8.12. The summed E-state index contributed by atoms with van der Waals surface area (Å²) in [5, 5.41) is 18.3. The van der Waals surface area contributed by atoms with Crippen LogP contribution < -0.4 is 0 Å². The van der Waals surface area contributed by atoms with Crippen molar-refractivity contribution in [2.45, 2.75) is 26.7 Å². The molecule has 0 aliphatic carbocycles. The van der Waals surface area contributed by atoms with Gasteiger partial charge in [0.15, 0.2) is 11.5 Å². The lowest BCUT2D eigenvalue weighted by molar-refractivity contribution is 0.402. The van der Waals surface area contributed by atoms with Crippen LogP contribution in [0.5, 0.6) is 11.5 Å². The Morgan fingerprint density at radius 2 is 1.92 bits per heavy atom. The molecular formula is C11H16O2. The minimum absolute atomic E-state index is 0.0270. The average molecular weight is 180 g/mol. The zero-order chi connectivity index (χ0) is 9.84. The van der Waals surface area contributed by atoms with Crippen molar-refractivity contribution in [1.82, 2.24) is 0 Å². The fourth-order valence-corrected chi connectivity index (χ4v) is 1.24. The van der Waals surface area contributed by atoms with Crippen LogP contribution in [0.1, 0.15) is 25.8 Å². The van der Waals surface area contributed by atoms with E-state index in [2.05, 4.69) is 13.8 Å². The Kier molecular flexibility index (Phi) is 3.18. The Balaban J connectivity index is 2.73. The highest BCUT2D eigenvalue weighted by Crippen LogP contribution is 2.26. The molecule has 0 bridgehead atoms. The second-order valence-electron chi connectivity index (χ2n) is 3.54. The molecule has 0 heterocycles. The molecule has 2 heteroatoms. The molecule has 0 aliphatic heterocycles. The maximum atomic E-state index is 9.24. The Labute approximate surface area is 78.8 Å². The zero-order valence-corrected chi connectivity index (χ0v) is 8.12. The van der Waals surface area contributed by atoms with Crippen molar-refractivity contribution in [3.8, 4) is 11.5 Å². The van der Waals surface area contributed by atoms with Gasteiger partial charge >= 0.3 is 0 Å². The molecule has 2 N–H and O–H groups in total. The summed E-state index contributed by atoms with van der Waals surface area (Å²) in [5.41, 5.74) is 1.07. The van der Waals surface area contributed by atoms with Crippen molar-refractivity contribution in [1.29, 1.82) is 0 Å². The first-order chi connectivity index (χ1) is 6.13. The molecule has 0 radical (unpaired) electrons. The lowest BCUT2D eigenvalue weighted by atomic mass is 9.99. The van der Waals surface area contributed by atoms with Gasteiger partial charge in [0.25, 0.3) is 0 Å². The van der Waals surface area contributed by atoms with Crippen molar-refractivity contribution in [2.24, 2.45) is 5.92 Å². The maximum Gasteiger partial charge on any atom is 0.157 e. The maximum absolute atomic E-state index is 9.24. The van der Waals surface area contributed by atoms with Crippen LogP contribution in [0, 0.1) is 5.92 Å². The minimum atomic E-state index is -0.0482. The standard InChI is InChI=1S/C11H16O2/c1-3-8(2)6-9-4-5-10(12)11(13)7-9/h4-5,7-8,12-13H,3,6H2,1-2H3/t8-/m1/s1. The van der Waals surface area contributed by atoms with Crippen molar-refractivity contribution < 1.29 is 10.2 Å².